The maximum atomic E-state index is 12.6. The van der Waals surface area contributed by atoms with Crippen molar-refractivity contribution in [2.75, 3.05) is 26.2 Å². The zero-order valence-electron chi connectivity index (χ0n) is 17.3. The van der Waals surface area contributed by atoms with Gasteiger partial charge in [-0.2, -0.15) is 0 Å². The van der Waals surface area contributed by atoms with Crippen LogP contribution in [0.3, 0.4) is 0 Å². The van der Waals surface area contributed by atoms with E-state index in [2.05, 4.69) is 76.2 Å². The van der Waals surface area contributed by atoms with Crippen LogP contribution in [0.1, 0.15) is 36.8 Å². The summed E-state index contributed by atoms with van der Waals surface area (Å²) in [6.45, 7) is 5.74. The van der Waals surface area contributed by atoms with Gasteiger partial charge in [0.25, 0.3) is 0 Å². The summed E-state index contributed by atoms with van der Waals surface area (Å²) in [7, 11) is 0. The Balaban J connectivity index is 1.24. The van der Waals surface area contributed by atoms with Crippen molar-refractivity contribution in [2.24, 2.45) is 11.3 Å². The molecule has 1 heterocycles. The molecule has 4 nitrogen and oxygen atoms in total. The Morgan fingerprint density at radius 3 is 2.14 bits per heavy atom. The molecule has 1 aliphatic heterocycles. The van der Waals surface area contributed by atoms with Crippen LogP contribution in [0.15, 0.2) is 60.7 Å². The highest BCUT2D eigenvalue weighted by Gasteiger charge is 2.57. The van der Waals surface area contributed by atoms with Gasteiger partial charge in [0.15, 0.2) is 0 Å². The van der Waals surface area contributed by atoms with Crippen LogP contribution in [0.25, 0.3) is 0 Å². The first-order chi connectivity index (χ1) is 14.3. The Hall–Kier alpha value is -2.17. The van der Waals surface area contributed by atoms with Crippen LogP contribution in [0, 0.1) is 11.3 Å². The van der Waals surface area contributed by atoms with Gasteiger partial charge in [0.2, 0.25) is 5.91 Å². The molecule has 1 amide bonds. The third-order valence-electron chi connectivity index (χ3n) is 6.55. The fourth-order valence-corrected chi connectivity index (χ4v) is 4.73. The highest BCUT2D eigenvalue weighted by Crippen LogP contribution is 2.58. The van der Waals surface area contributed by atoms with Crippen molar-refractivity contribution >= 4 is 5.91 Å². The maximum Gasteiger partial charge on any atom is 0.223 e. The van der Waals surface area contributed by atoms with Crippen LogP contribution in [0.5, 0.6) is 0 Å². The van der Waals surface area contributed by atoms with E-state index in [0.29, 0.717) is 5.41 Å². The summed E-state index contributed by atoms with van der Waals surface area (Å²) in [4.78, 5) is 15.0. The Morgan fingerprint density at radius 2 is 1.55 bits per heavy atom. The summed E-state index contributed by atoms with van der Waals surface area (Å²) in [6.07, 6.45) is 4.39. The molecule has 1 saturated carbocycles. The first-order valence-corrected chi connectivity index (χ1v) is 11.0. The fourth-order valence-electron chi connectivity index (χ4n) is 4.73. The van der Waals surface area contributed by atoms with Gasteiger partial charge in [0.05, 0.1) is 0 Å². The van der Waals surface area contributed by atoms with E-state index in [1.807, 2.05) is 0 Å². The SMILES string of the molecule is O=C(NCCCN(Cc1ccccc1)Cc1ccccc1)C1CC12CCNCC2. The van der Waals surface area contributed by atoms with Crippen molar-refractivity contribution < 1.29 is 4.79 Å². The van der Waals surface area contributed by atoms with Crippen molar-refractivity contribution in [1.82, 2.24) is 15.5 Å². The zero-order chi connectivity index (χ0) is 19.9. The minimum Gasteiger partial charge on any atom is -0.356 e. The van der Waals surface area contributed by atoms with Crippen LogP contribution in [0.2, 0.25) is 0 Å². The number of rotatable bonds is 9. The van der Waals surface area contributed by atoms with Gasteiger partial charge in [0.1, 0.15) is 0 Å². The van der Waals surface area contributed by atoms with Crippen molar-refractivity contribution in [3.05, 3.63) is 71.8 Å². The number of carbonyl (C=O) groups is 1. The second-order valence-corrected chi connectivity index (χ2v) is 8.70. The van der Waals surface area contributed by atoms with E-state index in [1.165, 1.54) is 11.1 Å². The van der Waals surface area contributed by atoms with E-state index < -0.39 is 0 Å². The number of nitrogens with one attached hydrogen (secondary N) is 2. The van der Waals surface area contributed by atoms with Crippen molar-refractivity contribution in [3.63, 3.8) is 0 Å². The molecule has 4 heteroatoms. The number of carbonyl (C=O) groups excluding carboxylic acids is 1. The average molecular weight is 392 g/mol. The number of piperidine rings is 1. The molecule has 154 valence electrons. The normalized spacial score (nSPS) is 20.0. The molecular weight excluding hydrogens is 358 g/mol. The molecule has 2 fully saturated rings. The first kappa shape index (κ1) is 20.1. The van der Waals surface area contributed by atoms with Gasteiger partial charge in [-0.25, -0.2) is 0 Å². The van der Waals surface area contributed by atoms with Gasteiger partial charge in [-0.1, -0.05) is 60.7 Å². The van der Waals surface area contributed by atoms with Crippen LogP contribution < -0.4 is 10.6 Å². The molecule has 2 N–H and O–H groups in total. The smallest absolute Gasteiger partial charge is 0.223 e. The monoisotopic (exact) mass is 391 g/mol. The lowest BCUT2D eigenvalue weighted by Gasteiger charge is -2.24. The predicted molar refractivity (Wildman–Crippen MR) is 117 cm³/mol. The van der Waals surface area contributed by atoms with Gasteiger partial charge >= 0.3 is 0 Å². The molecule has 1 saturated heterocycles. The van der Waals surface area contributed by atoms with Gasteiger partial charge in [-0.05, 0) is 55.3 Å². The van der Waals surface area contributed by atoms with Crippen molar-refractivity contribution in [3.8, 4) is 0 Å². The van der Waals surface area contributed by atoms with Crippen molar-refractivity contribution in [1.29, 1.82) is 0 Å². The second-order valence-electron chi connectivity index (χ2n) is 8.70. The maximum absolute atomic E-state index is 12.6. The van der Waals surface area contributed by atoms with Gasteiger partial charge in [0, 0.05) is 32.1 Å². The van der Waals surface area contributed by atoms with Crippen LogP contribution >= 0.6 is 0 Å². The minimum atomic E-state index is 0.259. The first-order valence-electron chi connectivity index (χ1n) is 11.0. The summed E-state index contributed by atoms with van der Waals surface area (Å²) in [5, 5.41) is 6.62. The Labute approximate surface area is 174 Å². The van der Waals surface area contributed by atoms with E-state index >= 15 is 0 Å². The molecule has 1 spiro atoms. The number of amides is 1. The van der Waals surface area contributed by atoms with E-state index in [-0.39, 0.29) is 11.8 Å². The third-order valence-corrected chi connectivity index (χ3v) is 6.55. The predicted octanol–water partition coefficient (Wildman–Crippen LogP) is 3.58. The van der Waals surface area contributed by atoms with E-state index in [4.69, 9.17) is 0 Å². The molecule has 2 aromatic rings. The minimum absolute atomic E-state index is 0.259. The van der Waals surface area contributed by atoms with Gasteiger partial charge in [-0.3, -0.25) is 9.69 Å². The summed E-state index contributed by atoms with van der Waals surface area (Å²) >= 11 is 0. The largest absolute Gasteiger partial charge is 0.356 e. The molecule has 0 bridgehead atoms. The molecule has 1 unspecified atom stereocenters. The van der Waals surface area contributed by atoms with E-state index in [0.717, 1.165) is 65.0 Å². The average Bonchev–Trinajstić information content (AvgIpc) is 3.45. The summed E-state index contributed by atoms with van der Waals surface area (Å²) < 4.78 is 0. The lowest BCUT2D eigenvalue weighted by atomic mass is 9.92. The Bertz CT molecular complexity index is 730. The molecule has 29 heavy (non-hydrogen) atoms. The van der Waals surface area contributed by atoms with Crippen LogP contribution in [-0.4, -0.2) is 37.0 Å². The van der Waals surface area contributed by atoms with E-state index in [9.17, 15) is 4.79 Å². The number of benzene rings is 2. The Morgan fingerprint density at radius 1 is 0.966 bits per heavy atom. The topological polar surface area (TPSA) is 44.4 Å². The lowest BCUT2D eigenvalue weighted by molar-refractivity contribution is -0.123. The molecule has 2 aromatic carbocycles. The van der Waals surface area contributed by atoms with Crippen molar-refractivity contribution in [2.45, 2.75) is 38.8 Å². The van der Waals surface area contributed by atoms with Crippen LogP contribution in [0.4, 0.5) is 0 Å². The quantitative estimate of drug-likeness (QED) is 0.642. The molecular formula is C25H33N3O. The number of hydrogen-bond acceptors (Lipinski definition) is 3. The molecule has 1 aliphatic carbocycles. The summed E-state index contributed by atoms with van der Waals surface area (Å²) in [5.41, 5.74) is 2.98. The molecule has 1 atom stereocenters. The van der Waals surface area contributed by atoms with E-state index in [1.54, 1.807) is 0 Å². The molecule has 2 aliphatic rings. The lowest BCUT2D eigenvalue weighted by Crippen LogP contribution is -2.34. The third kappa shape index (κ3) is 5.46. The zero-order valence-corrected chi connectivity index (χ0v) is 17.3. The summed E-state index contributed by atoms with van der Waals surface area (Å²) in [5.74, 6) is 0.541. The summed E-state index contributed by atoms with van der Waals surface area (Å²) in [6, 6.07) is 21.3. The molecule has 4 rings (SSSR count). The number of hydrogen-bond donors (Lipinski definition) is 2. The van der Waals surface area contributed by atoms with Gasteiger partial charge in [-0.15, -0.1) is 0 Å². The number of nitrogens with zero attached hydrogens (tertiary/aromatic N) is 1. The molecule has 0 radical (unpaired) electrons. The highest BCUT2D eigenvalue weighted by molar-refractivity contribution is 5.82. The van der Waals surface area contributed by atoms with Gasteiger partial charge < -0.3 is 10.6 Å². The Kier molecular flexibility index (Phi) is 6.63. The van der Waals surface area contributed by atoms with Crippen LogP contribution in [-0.2, 0) is 17.9 Å². The highest BCUT2D eigenvalue weighted by atomic mass is 16.2. The second kappa shape index (κ2) is 9.55. The molecule has 0 aromatic heterocycles. The standard InChI is InChI=1S/C25H33N3O/c29-24(23-18-25(23)12-15-26-16-13-25)27-14-7-17-28(19-21-8-3-1-4-9-21)20-22-10-5-2-6-11-22/h1-6,8-11,23,26H,7,12-20H2,(H,27,29). The fraction of sp³-hybridized carbons (Fsp3) is 0.480.